The van der Waals surface area contributed by atoms with Crippen molar-refractivity contribution in [3.05, 3.63) is 41.7 Å². The van der Waals surface area contributed by atoms with E-state index in [2.05, 4.69) is 11.3 Å². The van der Waals surface area contributed by atoms with Crippen LogP contribution in [-0.2, 0) is 4.74 Å². The van der Waals surface area contributed by atoms with E-state index in [1.165, 1.54) is 18.2 Å². The van der Waals surface area contributed by atoms with Crippen molar-refractivity contribution in [2.75, 3.05) is 6.61 Å². The zero-order valence-corrected chi connectivity index (χ0v) is 7.92. The van der Waals surface area contributed by atoms with E-state index in [0.29, 0.717) is 5.56 Å². The first-order valence-corrected chi connectivity index (χ1v) is 4.28. The number of halogens is 1. The molecule has 0 unspecified atom stereocenters. The predicted molar refractivity (Wildman–Crippen MR) is 52.4 cm³/mol. The minimum atomic E-state index is -0.638. The summed E-state index contributed by atoms with van der Waals surface area (Å²) in [5.41, 5.74) is 0.591. The third-order valence-corrected chi connectivity index (χ3v) is 1.72. The van der Waals surface area contributed by atoms with Crippen LogP contribution in [0, 0.1) is 5.82 Å². The average Bonchev–Trinajstić information content (AvgIpc) is 2.17. The molecule has 1 aromatic rings. The minimum Gasteiger partial charge on any atom is -0.462 e. The van der Waals surface area contributed by atoms with Gasteiger partial charge in [0.25, 0.3) is 0 Å². The summed E-state index contributed by atoms with van der Waals surface area (Å²) in [7, 11) is 0. The molecule has 0 amide bonds. The number of hydrogen-bond acceptors (Lipinski definition) is 2. The van der Waals surface area contributed by atoms with Gasteiger partial charge in [-0.05, 0) is 24.6 Å². The molecule has 0 aliphatic heterocycles. The van der Waals surface area contributed by atoms with Crippen LogP contribution in [0.5, 0.6) is 0 Å². The molecule has 0 fully saturated rings. The Balaban J connectivity index is 2.99. The van der Waals surface area contributed by atoms with Crippen molar-refractivity contribution in [3.63, 3.8) is 0 Å². The Labute approximate surface area is 82.0 Å². The first-order chi connectivity index (χ1) is 6.69. The van der Waals surface area contributed by atoms with Crippen molar-refractivity contribution >= 4 is 12.0 Å². The first-order valence-electron chi connectivity index (χ1n) is 4.28. The standard InChI is InChI=1S/C11H11FO2/c1-3-8-5-6-9(10(12)7-8)11(13)14-4-2/h3,5-7H,1,4H2,2H3. The largest absolute Gasteiger partial charge is 0.462 e. The summed E-state index contributed by atoms with van der Waals surface area (Å²) in [6, 6.07) is 4.26. The molecule has 0 spiro atoms. The van der Waals surface area contributed by atoms with E-state index in [4.69, 9.17) is 0 Å². The van der Waals surface area contributed by atoms with Crippen LogP contribution >= 0.6 is 0 Å². The molecule has 2 nitrogen and oxygen atoms in total. The Bertz CT molecular complexity index is 358. The summed E-state index contributed by atoms with van der Waals surface area (Å²) in [5.74, 6) is -1.22. The van der Waals surface area contributed by atoms with E-state index < -0.39 is 11.8 Å². The summed E-state index contributed by atoms with van der Waals surface area (Å²) < 4.78 is 17.9. The van der Waals surface area contributed by atoms with Crippen LogP contribution in [0.15, 0.2) is 24.8 Å². The van der Waals surface area contributed by atoms with E-state index in [1.54, 1.807) is 13.0 Å². The van der Waals surface area contributed by atoms with Crippen molar-refractivity contribution in [1.29, 1.82) is 0 Å². The lowest BCUT2D eigenvalue weighted by molar-refractivity contribution is 0.0521. The normalized spacial score (nSPS) is 9.57. The van der Waals surface area contributed by atoms with Crippen LogP contribution in [0.3, 0.4) is 0 Å². The number of benzene rings is 1. The Hall–Kier alpha value is -1.64. The molecule has 1 aromatic carbocycles. The van der Waals surface area contributed by atoms with E-state index in [0.717, 1.165) is 0 Å². The highest BCUT2D eigenvalue weighted by atomic mass is 19.1. The Morgan fingerprint density at radius 2 is 2.36 bits per heavy atom. The van der Waals surface area contributed by atoms with Crippen LogP contribution in [-0.4, -0.2) is 12.6 Å². The summed E-state index contributed by atoms with van der Waals surface area (Å²) in [5, 5.41) is 0. The lowest BCUT2D eigenvalue weighted by Crippen LogP contribution is -2.07. The van der Waals surface area contributed by atoms with Gasteiger partial charge in [-0.15, -0.1) is 0 Å². The molecule has 0 aliphatic carbocycles. The van der Waals surface area contributed by atoms with E-state index in [9.17, 15) is 9.18 Å². The van der Waals surface area contributed by atoms with Gasteiger partial charge in [0.15, 0.2) is 0 Å². The van der Waals surface area contributed by atoms with Crippen LogP contribution in [0.4, 0.5) is 4.39 Å². The maximum atomic E-state index is 13.3. The molecule has 0 radical (unpaired) electrons. The summed E-state index contributed by atoms with van der Waals surface area (Å²) in [4.78, 5) is 11.2. The molecule has 3 heteroatoms. The van der Waals surface area contributed by atoms with Crippen molar-refractivity contribution in [2.24, 2.45) is 0 Å². The average molecular weight is 194 g/mol. The van der Waals surface area contributed by atoms with Gasteiger partial charge in [0.05, 0.1) is 12.2 Å². The molecule has 0 bridgehead atoms. The van der Waals surface area contributed by atoms with Gasteiger partial charge < -0.3 is 4.74 Å². The highest BCUT2D eigenvalue weighted by Gasteiger charge is 2.11. The molecule has 0 saturated heterocycles. The lowest BCUT2D eigenvalue weighted by Gasteiger charge is -2.03. The van der Waals surface area contributed by atoms with Gasteiger partial charge in [0, 0.05) is 0 Å². The zero-order chi connectivity index (χ0) is 10.6. The van der Waals surface area contributed by atoms with Gasteiger partial charge in [-0.1, -0.05) is 18.7 Å². The molecule has 0 aromatic heterocycles. The van der Waals surface area contributed by atoms with Crippen molar-refractivity contribution in [3.8, 4) is 0 Å². The molecule has 0 saturated carbocycles. The van der Waals surface area contributed by atoms with Gasteiger partial charge in [0.1, 0.15) is 5.82 Å². The monoisotopic (exact) mass is 194 g/mol. The second-order valence-corrected chi connectivity index (χ2v) is 2.66. The number of carbonyl (C=O) groups is 1. The van der Waals surface area contributed by atoms with Gasteiger partial charge in [-0.3, -0.25) is 0 Å². The summed E-state index contributed by atoms with van der Waals surface area (Å²) >= 11 is 0. The van der Waals surface area contributed by atoms with Crippen LogP contribution in [0.2, 0.25) is 0 Å². The van der Waals surface area contributed by atoms with Gasteiger partial charge >= 0.3 is 5.97 Å². The van der Waals surface area contributed by atoms with Crippen molar-refractivity contribution in [2.45, 2.75) is 6.92 Å². The number of esters is 1. The highest BCUT2D eigenvalue weighted by Crippen LogP contribution is 2.12. The molecule has 0 N–H and O–H groups in total. The number of hydrogen-bond donors (Lipinski definition) is 0. The number of ether oxygens (including phenoxy) is 1. The van der Waals surface area contributed by atoms with Crippen molar-refractivity contribution < 1.29 is 13.9 Å². The molecular weight excluding hydrogens is 183 g/mol. The molecule has 1 rings (SSSR count). The second-order valence-electron chi connectivity index (χ2n) is 2.66. The Morgan fingerprint density at radius 3 is 2.86 bits per heavy atom. The number of rotatable bonds is 3. The minimum absolute atomic E-state index is 0.0440. The van der Waals surface area contributed by atoms with E-state index in [-0.39, 0.29) is 12.2 Å². The lowest BCUT2D eigenvalue weighted by atomic mass is 10.1. The maximum absolute atomic E-state index is 13.3. The fraction of sp³-hybridized carbons (Fsp3) is 0.182. The highest BCUT2D eigenvalue weighted by molar-refractivity contribution is 5.89. The topological polar surface area (TPSA) is 26.3 Å². The Morgan fingerprint density at radius 1 is 1.64 bits per heavy atom. The zero-order valence-electron chi connectivity index (χ0n) is 7.92. The second kappa shape index (κ2) is 4.56. The SMILES string of the molecule is C=Cc1ccc(C(=O)OCC)c(F)c1. The van der Waals surface area contributed by atoms with Crippen LogP contribution in [0.25, 0.3) is 6.08 Å². The first kappa shape index (κ1) is 10.4. The molecule has 0 atom stereocenters. The predicted octanol–water partition coefficient (Wildman–Crippen LogP) is 2.65. The van der Waals surface area contributed by atoms with E-state index >= 15 is 0 Å². The molecular formula is C11H11FO2. The molecule has 14 heavy (non-hydrogen) atoms. The van der Waals surface area contributed by atoms with Crippen molar-refractivity contribution in [1.82, 2.24) is 0 Å². The molecule has 0 heterocycles. The van der Waals surface area contributed by atoms with Gasteiger partial charge in [-0.2, -0.15) is 0 Å². The fourth-order valence-electron chi connectivity index (χ4n) is 1.03. The Kier molecular flexibility index (Phi) is 3.40. The third kappa shape index (κ3) is 2.19. The maximum Gasteiger partial charge on any atom is 0.341 e. The summed E-state index contributed by atoms with van der Waals surface area (Å²) in [6.07, 6.45) is 1.51. The van der Waals surface area contributed by atoms with Gasteiger partial charge in [0.2, 0.25) is 0 Å². The smallest absolute Gasteiger partial charge is 0.341 e. The number of carbonyl (C=O) groups excluding carboxylic acids is 1. The third-order valence-electron chi connectivity index (χ3n) is 1.72. The van der Waals surface area contributed by atoms with Crippen LogP contribution in [0.1, 0.15) is 22.8 Å². The van der Waals surface area contributed by atoms with Gasteiger partial charge in [-0.25, -0.2) is 9.18 Å². The summed E-state index contributed by atoms with van der Waals surface area (Å²) in [6.45, 7) is 5.41. The quantitative estimate of drug-likeness (QED) is 0.691. The fourth-order valence-corrected chi connectivity index (χ4v) is 1.03. The van der Waals surface area contributed by atoms with Crippen LogP contribution < -0.4 is 0 Å². The molecule has 74 valence electrons. The molecule has 0 aliphatic rings. The van der Waals surface area contributed by atoms with E-state index in [1.807, 2.05) is 0 Å².